The summed E-state index contributed by atoms with van der Waals surface area (Å²) in [5.41, 5.74) is 0.949. The van der Waals surface area contributed by atoms with E-state index >= 15 is 0 Å². The van der Waals surface area contributed by atoms with Gasteiger partial charge in [0, 0.05) is 32.4 Å². The van der Waals surface area contributed by atoms with E-state index in [2.05, 4.69) is 29.6 Å². The van der Waals surface area contributed by atoms with E-state index in [1.54, 1.807) is 7.11 Å². The maximum absolute atomic E-state index is 11.4. The highest BCUT2D eigenvalue weighted by Crippen LogP contribution is 2.08. The van der Waals surface area contributed by atoms with Crippen LogP contribution in [-0.4, -0.2) is 42.5 Å². The molecule has 1 amide bonds. The maximum atomic E-state index is 11.4. The summed E-state index contributed by atoms with van der Waals surface area (Å²) >= 11 is 0. The van der Waals surface area contributed by atoms with Crippen molar-refractivity contribution in [3.8, 4) is 0 Å². The van der Waals surface area contributed by atoms with Crippen molar-refractivity contribution in [2.24, 2.45) is 0 Å². The van der Waals surface area contributed by atoms with Crippen molar-refractivity contribution in [1.82, 2.24) is 20.4 Å². The van der Waals surface area contributed by atoms with Gasteiger partial charge in [-0.25, -0.2) is 0 Å². The van der Waals surface area contributed by atoms with Crippen molar-refractivity contribution < 1.29 is 9.53 Å². The molecule has 0 aliphatic heterocycles. The fourth-order valence-electron chi connectivity index (χ4n) is 1.56. The molecule has 0 saturated heterocycles. The quantitative estimate of drug-likeness (QED) is 0.647. The zero-order valence-electron chi connectivity index (χ0n) is 12.0. The van der Waals surface area contributed by atoms with Gasteiger partial charge in [0.1, 0.15) is 0 Å². The zero-order chi connectivity index (χ0) is 14.1. The second kappa shape index (κ2) is 8.66. The lowest BCUT2D eigenvalue weighted by molar-refractivity contribution is -0.120. The molecule has 0 aliphatic carbocycles. The fraction of sp³-hybridized carbons (Fsp3) is 0.692. The smallest absolute Gasteiger partial charge is 0.234 e. The highest BCUT2D eigenvalue weighted by molar-refractivity contribution is 5.77. The fourth-order valence-corrected chi connectivity index (χ4v) is 1.56. The van der Waals surface area contributed by atoms with Crippen LogP contribution in [0.1, 0.15) is 32.0 Å². The summed E-state index contributed by atoms with van der Waals surface area (Å²) in [5, 5.41) is 10.3. The Labute approximate surface area is 114 Å². The Kier molecular flexibility index (Phi) is 7.14. The van der Waals surface area contributed by atoms with Crippen LogP contribution in [0, 0.1) is 0 Å². The second-order valence-electron chi connectivity index (χ2n) is 4.49. The highest BCUT2D eigenvalue weighted by atomic mass is 16.5. The van der Waals surface area contributed by atoms with Crippen LogP contribution in [0.15, 0.2) is 12.3 Å². The Morgan fingerprint density at radius 1 is 1.58 bits per heavy atom. The van der Waals surface area contributed by atoms with Crippen LogP contribution in [0.4, 0.5) is 0 Å². The molecule has 0 bridgehead atoms. The molecule has 1 heterocycles. The number of carbonyl (C=O) groups excluding carboxylic acids is 1. The van der Waals surface area contributed by atoms with Crippen LogP contribution in [-0.2, 0) is 16.1 Å². The number of nitrogens with zero attached hydrogens (tertiary/aromatic N) is 2. The Balaban J connectivity index is 2.22. The SMILES string of the molecule is CCC(C)n1ccc(CNCC(=O)NCCOC)n1. The molecule has 6 heteroatoms. The van der Waals surface area contributed by atoms with Crippen molar-refractivity contribution >= 4 is 5.91 Å². The summed E-state index contributed by atoms with van der Waals surface area (Å²) in [4.78, 5) is 11.4. The Morgan fingerprint density at radius 2 is 2.37 bits per heavy atom. The Morgan fingerprint density at radius 3 is 3.05 bits per heavy atom. The number of amides is 1. The molecule has 1 aromatic heterocycles. The van der Waals surface area contributed by atoms with Crippen molar-refractivity contribution in [2.75, 3.05) is 26.8 Å². The zero-order valence-corrected chi connectivity index (χ0v) is 12.0. The Bertz CT molecular complexity index is 378. The van der Waals surface area contributed by atoms with E-state index < -0.39 is 0 Å². The van der Waals surface area contributed by atoms with Gasteiger partial charge in [-0.2, -0.15) is 5.10 Å². The van der Waals surface area contributed by atoms with Gasteiger partial charge in [0.2, 0.25) is 5.91 Å². The Hall–Kier alpha value is -1.40. The molecule has 1 unspecified atom stereocenters. The third kappa shape index (κ3) is 5.85. The van der Waals surface area contributed by atoms with E-state index in [4.69, 9.17) is 4.74 Å². The molecule has 0 fully saturated rings. The van der Waals surface area contributed by atoms with Crippen LogP contribution < -0.4 is 10.6 Å². The third-order valence-corrected chi connectivity index (χ3v) is 2.93. The van der Waals surface area contributed by atoms with E-state index in [0.717, 1.165) is 12.1 Å². The van der Waals surface area contributed by atoms with Gasteiger partial charge in [-0.05, 0) is 19.4 Å². The molecule has 19 heavy (non-hydrogen) atoms. The summed E-state index contributed by atoms with van der Waals surface area (Å²) in [6.45, 7) is 6.23. The van der Waals surface area contributed by atoms with Crippen LogP contribution in [0.3, 0.4) is 0 Å². The summed E-state index contributed by atoms with van der Waals surface area (Å²) < 4.78 is 6.81. The molecule has 1 rings (SSSR count). The molecule has 0 saturated carbocycles. The van der Waals surface area contributed by atoms with Gasteiger partial charge in [0.05, 0.1) is 18.8 Å². The van der Waals surface area contributed by atoms with Crippen LogP contribution in [0.5, 0.6) is 0 Å². The summed E-state index contributed by atoms with van der Waals surface area (Å²) in [5.74, 6) is -0.0293. The lowest BCUT2D eigenvalue weighted by atomic mass is 10.3. The summed E-state index contributed by atoms with van der Waals surface area (Å²) in [7, 11) is 1.61. The van der Waals surface area contributed by atoms with Crippen molar-refractivity contribution in [2.45, 2.75) is 32.9 Å². The number of aromatic nitrogens is 2. The minimum atomic E-state index is -0.0293. The van der Waals surface area contributed by atoms with Crippen LogP contribution in [0.25, 0.3) is 0 Å². The number of hydrogen-bond acceptors (Lipinski definition) is 4. The van der Waals surface area contributed by atoms with E-state index in [1.807, 2.05) is 16.9 Å². The normalized spacial score (nSPS) is 12.4. The molecule has 0 radical (unpaired) electrons. The lowest BCUT2D eigenvalue weighted by Gasteiger charge is -2.08. The number of methoxy groups -OCH3 is 1. The number of nitrogens with one attached hydrogen (secondary N) is 2. The average molecular weight is 268 g/mol. The molecule has 1 aromatic rings. The van der Waals surface area contributed by atoms with Gasteiger partial charge in [-0.1, -0.05) is 6.92 Å². The molecular formula is C13H24N4O2. The lowest BCUT2D eigenvalue weighted by Crippen LogP contribution is -2.35. The number of hydrogen-bond donors (Lipinski definition) is 2. The molecule has 108 valence electrons. The second-order valence-corrected chi connectivity index (χ2v) is 4.49. The van der Waals surface area contributed by atoms with Gasteiger partial charge in [-0.15, -0.1) is 0 Å². The first-order chi connectivity index (χ1) is 9.17. The molecule has 6 nitrogen and oxygen atoms in total. The summed E-state index contributed by atoms with van der Waals surface area (Å²) in [6, 6.07) is 2.38. The van der Waals surface area contributed by atoms with E-state index in [9.17, 15) is 4.79 Å². The van der Waals surface area contributed by atoms with Gasteiger partial charge in [0.15, 0.2) is 0 Å². The predicted octanol–water partition coefficient (Wildman–Crippen LogP) is 0.706. The standard InChI is InChI=1S/C13H24N4O2/c1-4-11(2)17-7-5-12(16-17)9-14-10-13(18)15-6-8-19-3/h5,7,11,14H,4,6,8-10H2,1-3H3,(H,15,18). The van der Waals surface area contributed by atoms with Crippen molar-refractivity contribution in [3.63, 3.8) is 0 Å². The largest absolute Gasteiger partial charge is 0.383 e. The van der Waals surface area contributed by atoms with E-state index in [1.165, 1.54) is 0 Å². The topological polar surface area (TPSA) is 68.2 Å². The molecule has 0 aliphatic rings. The summed E-state index contributed by atoms with van der Waals surface area (Å²) in [6.07, 6.45) is 3.03. The minimum absolute atomic E-state index is 0.0293. The van der Waals surface area contributed by atoms with Gasteiger partial charge in [0.25, 0.3) is 0 Å². The van der Waals surface area contributed by atoms with Gasteiger partial charge < -0.3 is 15.4 Å². The minimum Gasteiger partial charge on any atom is -0.383 e. The van der Waals surface area contributed by atoms with E-state index in [0.29, 0.717) is 32.3 Å². The first kappa shape index (κ1) is 15.7. The average Bonchev–Trinajstić information content (AvgIpc) is 2.87. The molecule has 1 atom stereocenters. The van der Waals surface area contributed by atoms with Gasteiger partial charge >= 0.3 is 0 Å². The highest BCUT2D eigenvalue weighted by Gasteiger charge is 2.05. The van der Waals surface area contributed by atoms with E-state index in [-0.39, 0.29) is 5.91 Å². The third-order valence-electron chi connectivity index (χ3n) is 2.93. The van der Waals surface area contributed by atoms with Crippen molar-refractivity contribution in [3.05, 3.63) is 18.0 Å². The number of ether oxygens (including phenoxy) is 1. The first-order valence-corrected chi connectivity index (χ1v) is 6.67. The molecule has 0 spiro atoms. The predicted molar refractivity (Wildman–Crippen MR) is 73.8 cm³/mol. The molecule has 2 N–H and O–H groups in total. The van der Waals surface area contributed by atoms with Crippen LogP contribution in [0.2, 0.25) is 0 Å². The molecule has 0 aromatic carbocycles. The molecular weight excluding hydrogens is 244 g/mol. The first-order valence-electron chi connectivity index (χ1n) is 6.67. The van der Waals surface area contributed by atoms with Crippen LogP contribution >= 0.6 is 0 Å². The van der Waals surface area contributed by atoms with Gasteiger partial charge in [-0.3, -0.25) is 9.48 Å². The maximum Gasteiger partial charge on any atom is 0.234 e. The van der Waals surface area contributed by atoms with Crippen molar-refractivity contribution in [1.29, 1.82) is 0 Å². The monoisotopic (exact) mass is 268 g/mol. The number of carbonyl (C=O) groups is 1. The number of rotatable bonds is 9.